The van der Waals surface area contributed by atoms with Gasteiger partial charge < -0.3 is 21.6 Å². The summed E-state index contributed by atoms with van der Waals surface area (Å²) in [5.41, 5.74) is 2.46. The van der Waals surface area contributed by atoms with E-state index in [9.17, 15) is 24.2 Å². The van der Waals surface area contributed by atoms with Crippen molar-refractivity contribution < 1.29 is 60.3 Å². The second-order valence-corrected chi connectivity index (χ2v) is 9.43. The zero-order chi connectivity index (χ0) is 25.0. The molecule has 3 rings (SSSR count). The first-order chi connectivity index (χ1) is 16.1. The number of nitrogens with zero attached hydrogens (tertiary/aromatic N) is 3. The van der Waals surface area contributed by atoms with Crippen LogP contribution >= 0.6 is 0 Å². The van der Waals surface area contributed by atoms with Gasteiger partial charge >= 0.3 is 35.5 Å². The number of aliphatic carboxylic acids is 1. The summed E-state index contributed by atoms with van der Waals surface area (Å²) in [6.45, 7) is 3.95. The normalized spacial score (nSPS) is 15.3. The molecule has 1 aromatic carbocycles. The number of carboxylic acid groups (broad SMARTS) is 1. The molecule has 1 aliphatic rings. The SMILES string of the molecule is CC(C)c1c(C(=O)N(C)C2CCC2)nn(-c2ccc(F)cc2)c1CC[C@@H](O)C[C@@H](O)CC(=O)O.[H-].[Na+]. The Hall–Kier alpha value is -1.78. The molecule has 1 fully saturated rings. The standard InChI is InChI=1S/C25H34FN3O5.Na.H/c1-15(2)23-21(12-11-19(30)13-20(31)14-22(32)33)29(18-9-7-16(26)8-10-18)27-24(23)25(34)28(3)17-5-4-6-17;;/h7-10,15,17,19-20,30-31H,4-6,11-14H2,1-3H3,(H,32,33);;/q;+1;-1/t19-,20-;;/m1../s1. The van der Waals surface area contributed by atoms with Crippen LogP contribution in [0.15, 0.2) is 24.3 Å². The summed E-state index contributed by atoms with van der Waals surface area (Å²) in [6, 6.07) is 6.04. The summed E-state index contributed by atoms with van der Waals surface area (Å²) in [5.74, 6) is -1.71. The van der Waals surface area contributed by atoms with Crippen LogP contribution in [0.3, 0.4) is 0 Å². The average Bonchev–Trinajstić information content (AvgIpc) is 3.10. The third-order valence-corrected chi connectivity index (χ3v) is 6.48. The van der Waals surface area contributed by atoms with E-state index >= 15 is 0 Å². The smallest absolute Gasteiger partial charge is 1.00 e. The molecule has 1 saturated carbocycles. The molecular formula is C25H35FN3NaO5. The van der Waals surface area contributed by atoms with Crippen molar-refractivity contribution in [3.63, 3.8) is 0 Å². The van der Waals surface area contributed by atoms with Crippen LogP contribution in [0.25, 0.3) is 5.69 Å². The molecular weight excluding hydrogens is 464 g/mol. The molecule has 2 aromatic rings. The topological polar surface area (TPSA) is 116 Å². The summed E-state index contributed by atoms with van der Waals surface area (Å²) in [7, 11) is 1.79. The maximum atomic E-state index is 13.6. The molecule has 188 valence electrons. The van der Waals surface area contributed by atoms with Gasteiger partial charge in [0.15, 0.2) is 5.69 Å². The molecule has 1 heterocycles. The Morgan fingerprint density at radius 1 is 1.20 bits per heavy atom. The van der Waals surface area contributed by atoms with Crippen LogP contribution in [0.2, 0.25) is 0 Å². The predicted octanol–water partition coefficient (Wildman–Crippen LogP) is 0.395. The zero-order valence-electron chi connectivity index (χ0n) is 21.9. The first-order valence-corrected chi connectivity index (χ1v) is 11.8. The van der Waals surface area contributed by atoms with Crippen LogP contribution in [-0.4, -0.2) is 67.2 Å². The van der Waals surface area contributed by atoms with E-state index in [4.69, 9.17) is 5.11 Å². The number of rotatable bonds is 11. The number of carbonyl (C=O) groups excluding carboxylic acids is 1. The number of carbonyl (C=O) groups is 2. The van der Waals surface area contributed by atoms with E-state index < -0.39 is 24.6 Å². The second-order valence-electron chi connectivity index (χ2n) is 9.43. The van der Waals surface area contributed by atoms with Crippen LogP contribution < -0.4 is 29.6 Å². The summed E-state index contributed by atoms with van der Waals surface area (Å²) in [5, 5.41) is 33.8. The van der Waals surface area contributed by atoms with Crippen molar-refractivity contribution in [3.8, 4) is 5.69 Å². The monoisotopic (exact) mass is 499 g/mol. The van der Waals surface area contributed by atoms with Gasteiger partial charge in [0.2, 0.25) is 0 Å². The Kier molecular flexibility index (Phi) is 10.9. The van der Waals surface area contributed by atoms with Crippen LogP contribution in [0.5, 0.6) is 0 Å². The molecule has 0 bridgehead atoms. The van der Waals surface area contributed by atoms with E-state index in [0.29, 0.717) is 17.8 Å². The van der Waals surface area contributed by atoms with E-state index in [1.807, 2.05) is 13.8 Å². The van der Waals surface area contributed by atoms with E-state index in [1.165, 1.54) is 12.1 Å². The van der Waals surface area contributed by atoms with Gasteiger partial charge in [-0.1, -0.05) is 13.8 Å². The fraction of sp³-hybridized carbons (Fsp3) is 0.560. The van der Waals surface area contributed by atoms with Gasteiger partial charge in [0.25, 0.3) is 5.91 Å². The number of aromatic nitrogens is 2. The Morgan fingerprint density at radius 2 is 1.83 bits per heavy atom. The predicted molar refractivity (Wildman–Crippen MR) is 126 cm³/mol. The molecule has 35 heavy (non-hydrogen) atoms. The molecule has 8 nitrogen and oxygen atoms in total. The number of hydrogen-bond acceptors (Lipinski definition) is 5. The van der Waals surface area contributed by atoms with Gasteiger partial charge in [0.1, 0.15) is 5.82 Å². The number of amides is 1. The zero-order valence-corrected chi connectivity index (χ0v) is 22.9. The third-order valence-electron chi connectivity index (χ3n) is 6.48. The maximum absolute atomic E-state index is 13.6. The van der Waals surface area contributed by atoms with Crippen LogP contribution in [0.1, 0.15) is 81.5 Å². The number of hydrogen-bond donors (Lipinski definition) is 3. The van der Waals surface area contributed by atoms with Crippen molar-refractivity contribution in [1.29, 1.82) is 0 Å². The first-order valence-electron chi connectivity index (χ1n) is 11.8. The van der Waals surface area contributed by atoms with Crippen molar-refractivity contribution in [2.24, 2.45) is 0 Å². The van der Waals surface area contributed by atoms with Crippen LogP contribution in [0.4, 0.5) is 4.39 Å². The Morgan fingerprint density at radius 3 is 2.34 bits per heavy atom. The Bertz CT molecular complexity index is 1010. The molecule has 10 heteroatoms. The summed E-state index contributed by atoms with van der Waals surface area (Å²) in [6.07, 6.45) is 1.05. The molecule has 1 amide bonds. The molecule has 1 aliphatic carbocycles. The van der Waals surface area contributed by atoms with Crippen molar-refractivity contribution in [2.75, 3.05) is 7.05 Å². The minimum absolute atomic E-state index is 0. The fourth-order valence-electron chi connectivity index (χ4n) is 4.39. The Balaban J connectivity index is 0.00000324. The number of benzene rings is 1. The van der Waals surface area contributed by atoms with E-state index in [2.05, 4.69) is 5.10 Å². The fourth-order valence-corrected chi connectivity index (χ4v) is 4.39. The largest absolute Gasteiger partial charge is 1.00 e. The van der Waals surface area contributed by atoms with Gasteiger partial charge in [-0.2, -0.15) is 5.10 Å². The summed E-state index contributed by atoms with van der Waals surface area (Å²) >= 11 is 0. The van der Waals surface area contributed by atoms with Gasteiger partial charge in [0.05, 0.1) is 24.3 Å². The second kappa shape index (κ2) is 13.0. The molecule has 3 N–H and O–H groups in total. The quantitative estimate of drug-likeness (QED) is 0.386. The van der Waals surface area contributed by atoms with Gasteiger partial charge in [-0.3, -0.25) is 9.59 Å². The minimum Gasteiger partial charge on any atom is -1.00 e. The maximum Gasteiger partial charge on any atom is 1.00 e. The molecule has 0 spiro atoms. The number of aliphatic hydroxyl groups excluding tert-OH is 2. The van der Waals surface area contributed by atoms with Gasteiger partial charge in [-0.05, 0) is 68.7 Å². The van der Waals surface area contributed by atoms with Crippen LogP contribution in [0, 0.1) is 5.82 Å². The van der Waals surface area contributed by atoms with Crippen molar-refractivity contribution in [3.05, 3.63) is 47.0 Å². The van der Waals surface area contributed by atoms with Gasteiger partial charge in [-0.25, -0.2) is 9.07 Å². The molecule has 0 aliphatic heterocycles. The van der Waals surface area contributed by atoms with Crippen molar-refractivity contribution >= 4 is 11.9 Å². The van der Waals surface area contributed by atoms with E-state index in [1.54, 1.807) is 28.8 Å². The first kappa shape index (κ1) is 29.5. The number of aliphatic hydroxyl groups is 2. The van der Waals surface area contributed by atoms with Gasteiger partial charge in [-0.15, -0.1) is 0 Å². The van der Waals surface area contributed by atoms with Crippen molar-refractivity contribution in [1.82, 2.24) is 14.7 Å². The molecule has 0 radical (unpaired) electrons. The third kappa shape index (κ3) is 7.36. The van der Waals surface area contributed by atoms with Crippen molar-refractivity contribution in [2.45, 2.75) is 83.0 Å². The molecule has 0 unspecified atom stereocenters. The van der Waals surface area contributed by atoms with E-state index in [0.717, 1.165) is 30.5 Å². The van der Waals surface area contributed by atoms with E-state index in [-0.39, 0.29) is 67.5 Å². The average molecular weight is 500 g/mol. The molecule has 1 aromatic heterocycles. The summed E-state index contributed by atoms with van der Waals surface area (Å²) in [4.78, 5) is 25.9. The Labute approximate surface area is 228 Å². The molecule has 0 saturated heterocycles. The number of halogens is 1. The van der Waals surface area contributed by atoms with Crippen LogP contribution in [-0.2, 0) is 11.2 Å². The minimum atomic E-state index is -1.15. The van der Waals surface area contributed by atoms with Gasteiger partial charge in [0, 0.05) is 24.3 Å². The number of carboxylic acids is 1. The summed E-state index contributed by atoms with van der Waals surface area (Å²) < 4.78 is 15.2. The molecule has 2 atom stereocenters.